The minimum absolute atomic E-state index is 0.128. The van der Waals surface area contributed by atoms with Gasteiger partial charge in [-0.05, 0) is 31.1 Å². The van der Waals surface area contributed by atoms with Crippen molar-refractivity contribution >= 4 is 11.8 Å². The van der Waals surface area contributed by atoms with Crippen molar-refractivity contribution in [3.05, 3.63) is 35.4 Å². The second kappa shape index (κ2) is 9.56. The van der Waals surface area contributed by atoms with E-state index >= 15 is 0 Å². The van der Waals surface area contributed by atoms with Crippen molar-refractivity contribution in [2.45, 2.75) is 60.7 Å². The number of hydrogen-bond donors (Lipinski definition) is 2. The number of amides is 2. The zero-order chi connectivity index (χ0) is 19.0. The summed E-state index contributed by atoms with van der Waals surface area (Å²) in [5.74, 6) is -0.299. The average molecular weight is 348 g/mol. The number of carbonyl (C=O) groups is 2. The van der Waals surface area contributed by atoms with E-state index < -0.39 is 11.5 Å². The minimum Gasteiger partial charge on any atom is -0.350 e. The molecule has 1 aromatic carbocycles. The zero-order valence-electron chi connectivity index (χ0n) is 16.5. The van der Waals surface area contributed by atoms with Crippen molar-refractivity contribution in [3.63, 3.8) is 0 Å². The SMILES string of the molecule is CCN(CC)Cc1ccccc1CNC(=O)C(C)NC(=O)C(C)(C)C. The lowest BCUT2D eigenvalue weighted by Crippen LogP contribution is -2.48. The van der Waals surface area contributed by atoms with Gasteiger partial charge in [0.05, 0.1) is 0 Å². The van der Waals surface area contributed by atoms with Crippen LogP contribution in [0.25, 0.3) is 0 Å². The van der Waals surface area contributed by atoms with E-state index in [1.165, 1.54) is 5.56 Å². The molecule has 0 saturated heterocycles. The van der Waals surface area contributed by atoms with Crippen LogP contribution in [0.1, 0.15) is 52.7 Å². The van der Waals surface area contributed by atoms with E-state index in [-0.39, 0.29) is 11.8 Å². The molecule has 0 spiro atoms. The van der Waals surface area contributed by atoms with Crippen molar-refractivity contribution in [2.75, 3.05) is 13.1 Å². The van der Waals surface area contributed by atoms with Crippen LogP contribution in [-0.4, -0.2) is 35.8 Å². The molecule has 0 aliphatic rings. The Morgan fingerprint density at radius 1 is 1.08 bits per heavy atom. The molecule has 2 N–H and O–H groups in total. The van der Waals surface area contributed by atoms with Crippen molar-refractivity contribution in [2.24, 2.45) is 5.41 Å². The Morgan fingerprint density at radius 2 is 1.64 bits per heavy atom. The molecular weight excluding hydrogens is 314 g/mol. The highest BCUT2D eigenvalue weighted by atomic mass is 16.2. The van der Waals surface area contributed by atoms with Gasteiger partial charge in [-0.1, -0.05) is 58.9 Å². The predicted molar refractivity (Wildman–Crippen MR) is 102 cm³/mol. The van der Waals surface area contributed by atoms with Gasteiger partial charge in [-0.3, -0.25) is 14.5 Å². The second-order valence-electron chi connectivity index (χ2n) is 7.39. The maximum atomic E-state index is 12.3. The first-order valence-electron chi connectivity index (χ1n) is 9.06. The molecule has 0 aliphatic heterocycles. The first-order valence-corrected chi connectivity index (χ1v) is 9.06. The highest BCUT2D eigenvalue weighted by Gasteiger charge is 2.25. The van der Waals surface area contributed by atoms with E-state index in [0.29, 0.717) is 6.54 Å². The highest BCUT2D eigenvalue weighted by molar-refractivity contribution is 5.89. The van der Waals surface area contributed by atoms with Crippen LogP contribution in [0, 0.1) is 5.41 Å². The summed E-state index contributed by atoms with van der Waals surface area (Å²) in [6, 6.07) is 7.60. The van der Waals surface area contributed by atoms with Crippen LogP contribution >= 0.6 is 0 Å². The van der Waals surface area contributed by atoms with E-state index in [4.69, 9.17) is 0 Å². The molecule has 0 aliphatic carbocycles. The Kier molecular flexibility index (Phi) is 8.10. The van der Waals surface area contributed by atoms with Gasteiger partial charge in [-0.2, -0.15) is 0 Å². The highest BCUT2D eigenvalue weighted by Crippen LogP contribution is 2.13. The van der Waals surface area contributed by atoms with Crippen LogP contribution in [0.4, 0.5) is 0 Å². The molecule has 0 aromatic heterocycles. The summed E-state index contributed by atoms with van der Waals surface area (Å²) in [5, 5.41) is 5.69. The van der Waals surface area contributed by atoms with Crippen LogP contribution in [0.2, 0.25) is 0 Å². The molecule has 0 saturated carbocycles. The standard InChI is InChI=1S/C20H33N3O2/c1-7-23(8-2)14-17-12-10-9-11-16(17)13-21-18(24)15(3)22-19(25)20(4,5)6/h9-12,15H,7-8,13-14H2,1-6H3,(H,21,24)(H,22,25). The number of nitrogens with one attached hydrogen (secondary N) is 2. The fourth-order valence-electron chi connectivity index (χ4n) is 2.39. The molecule has 2 amide bonds. The van der Waals surface area contributed by atoms with Gasteiger partial charge in [-0.15, -0.1) is 0 Å². The Morgan fingerprint density at radius 3 is 2.16 bits per heavy atom. The van der Waals surface area contributed by atoms with Crippen LogP contribution in [0.15, 0.2) is 24.3 Å². The van der Waals surface area contributed by atoms with Gasteiger partial charge in [0, 0.05) is 18.5 Å². The van der Waals surface area contributed by atoms with Crippen LogP contribution in [0.5, 0.6) is 0 Å². The molecule has 0 bridgehead atoms. The average Bonchev–Trinajstić information content (AvgIpc) is 2.57. The lowest BCUT2D eigenvalue weighted by atomic mass is 9.95. The third kappa shape index (κ3) is 6.86. The number of nitrogens with zero attached hydrogens (tertiary/aromatic N) is 1. The van der Waals surface area contributed by atoms with Crippen LogP contribution < -0.4 is 10.6 Å². The first kappa shape index (κ1) is 21.2. The van der Waals surface area contributed by atoms with E-state index in [1.807, 2.05) is 39.0 Å². The summed E-state index contributed by atoms with van der Waals surface area (Å²) in [6.45, 7) is 14.8. The van der Waals surface area contributed by atoms with Gasteiger partial charge in [0.2, 0.25) is 11.8 Å². The van der Waals surface area contributed by atoms with Crippen molar-refractivity contribution in [1.82, 2.24) is 15.5 Å². The minimum atomic E-state index is -0.554. The molecule has 0 radical (unpaired) electrons. The quantitative estimate of drug-likeness (QED) is 0.760. The molecule has 1 rings (SSSR count). The smallest absolute Gasteiger partial charge is 0.242 e. The molecule has 0 heterocycles. The number of hydrogen-bond acceptors (Lipinski definition) is 3. The third-order valence-corrected chi connectivity index (χ3v) is 4.28. The van der Waals surface area contributed by atoms with Crippen LogP contribution in [0.3, 0.4) is 0 Å². The molecule has 1 atom stereocenters. The predicted octanol–water partition coefficient (Wildman–Crippen LogP) is 2.70. The van der Waals surface area contributed by atoms with Gasteiger partial charge in [0.1, 0.15) is 6.04 Å². The number of benzene rings is 1. The monoisotopic (exact) mass is 347 g/mol. The molecule has 25 heavy (non-hydrogen) atoms. The Balaban J connectivity index is 2.65. The Bertz CT molecular complexity index is 575. The molecule has 140 valence electrons. The van der Waals surface area contributed by atoms with Crippen molar-refractivity contribution in [3.8, 4) is 0 Å². The second-order valence-corrected chi connectivity index (χ2v) is 7.39. The van der Waals surface area contributed by atoms with E-state index in [0.717, 1.165) is 25.2 Å². The van der Waals surface area contributed by atoms with Crippen molar-refractivity contribution in [1.29, 1.82) is 0 Å². The van der Waals surface area contributed by atoms with E-state index in [2.05, 4.69) is 35.4 Å². The first-order chi connectivity index (χ1) is 11.7. The van der Waals surface area contributed by atoms with E-state index in [9.17, 15) is 9.59 Å². The molecule has 0 fully saturated rings. The summed E-state index contributed by atoms with van der Waals surface area (Å²) < 4.78 is 0. The van der Waals surface area contributed by atoms with Gasteiger partial charge in [0.25, 0.3) is 0 Å². The lowest BCUT2D eigenvalue weighted by molar-refractivity contribution is -0.133. The maximum Gasteiger partial charge on any atom is 0.242 e. The molecule has 1 unspecified atom stereocenters. The molecule has 1 aromatic rings. The van der Waals surface area contributed by atoms with Gasteiger partial charge in [0.15, 0.2) is 0 Å². The molecular formula is C20H33N3O2. The van der Waals surface area contributed by atoms with Gasteiger partial charge < -0.3 is 10.6 Å². The fourth-order valence-corrected chi connectivity index (χ4v) is 2.39. The topological polar surface area (TPSA) is 61.4 Å². The lowest BCUT2D eigenvalue weighted by Gasteiger charge is -2.22. The Labute approximate surface area is 152 Å². The third-order valence-electron chi connectivity index (χ3n) is 4.28. The fraction of sp³-hybridized carbons (Fsp3) is 0.600. The van der Waals surface area contributed by atoms with Crippen molar-refractivity contribution < 1.29 is 9.59 Å². The maximum absolute atomic E-state index is 12.3. The number of carbonyl (C=O) groups excluding carboxylic acids is 2. The molecule has 5 heteroatoms. The van der Waals surface area contributed by atoms with E-state index in [1.54, 1.807) is 6.92 Å². The number of rotatable bonds is 8. The normalized spacial score (nSPS) is 12.8. The largest absolute Gasteiger partial charge is 0.350 e. The summed E-state index contributed by atoms with van der Waals surface area (Å²) in [6.07, 6.45) is 0. The van der Waals surface area contributed by atoms with Gasteiger partial charge >= 0.3 is 0 Å². The summed E-state index contributed by atoms with van der Waals surface area (Å²) in [7, 11) is 0. The van der Waals surface area contributed by atoms with Gasteiger partial charge in [-0.25, -0.2) is 0 Å². The zero-order valence-corrected chi connectivity index (χ0v) is 16.5. The Hall–Kier alpha value is -1.88. The summed E-state index contributed by atoms with van der Waals surface area (Å²) in [5.41, 5.74) is 1.82. The summed E-state index contributed by atoms with van der Waals surface area (Å²) >= 11 is 0. The summed E-state index contributed by atoms with van der Waals surface area (Å²) in [4.78, 5) is 26.6. The molecule has 5 nitrogen and oxygen atoms in total. The van der Waals surface area contributed by atoms with Crippen LogP contribution in [-0.2, 0) is 22.7 Å².